The molecule has 3 rings (SSSR count). The number of ether oxygens (including phenoxy) is 1. The highest BCUT2D eigenvalue weighted by atomic mass is 32.2. The van der Waals surface area contributed by atoms with Crippen molar-refractivity contribution in [2.45, 2.75) is 23.8 Å². The van der Waals surface area contributed by atoms with Gasteiger partial charge in [-0.25, -0.2) is 8.42 Å². The summed E-state index contributed by atoms with van der Waals surface area (Å²) in [6.07, 6.45) is 3.46. The van der Waals surface area contributed by atoms with E-state index in [0.717, 1.165) is 43.5 Å². The summed E-state index contributed by atoms with van der Waals surface area (Å²) in [7, 11) is -1.63. The molecule has 0 spiro atoms. The number of carbonyl (C=O) groups is 1. The number of hydrogen-bond donors (Lipinski definition) is 1. The predicted octanol–water partition coefficient (Wildman–Crippen LogP) is 2.67. The van der Waals surface area contributed by atoms with Crippen molar-refractivity contribution in [1.29, 1.82) is 0 Å². The normalized spacial score (nSPS) is 15.9. The van der Waals surface area contributed by atoms with Gasteiger partial charge < -0.3 is 10.1 Å². The fourth-order valence-electron chi connectivity index (χ4n) is 3.50. The molecule has 1 aliphatic rings. The molecule has 0 aliphatic carbocycles. The number of nitrogens with one attached hydrogen (secondary N) is 1. The summed E-state index contributed by atoms with van der Waals surface area (Å²) < 4.78 is 28.5. The molecule has 28 heavy (non-hydrogen) atoms. The molecule has 0 bridgehead atoms. The Morgan fingerprint density at radius 2 is 1.82 bits per heavy atom. The lowest BCUT2D eigenvalue weighted by molar-refractivity contribution is 0.0938. The van der Waals surface area contributed by atoms with E-state index in [1.807, 2.05) is 18.2 Å². The van der Waals surface area contributed by atoms with Crippen LogP contribution in [-0.2, 0) is 9.84 Å². The van der Waals surface area contributed by atoms with E-state index in [1.54, 1.807) is 19.2 Å². The third-order valence-corrected chi connectivity index (χ3v) is 6.19. The van der Waals surface area contributed by atoms with Crippen LogP contribution in [0, 0.1) is 0 Å². The quantitative estimate of drug-likeness (QED) is 0.771. The number of sulfone groups is 1. The van der Waals surface area contributed by atoms with Crippen LogP contribution in [-0.4, -0.2) is 52.2 Å². The lowest BCUT2D eigenvalue weighted by atomic mass is 10.0. The Balaban J connectivity index is 1.73. The summed E-state index contributed by atoms with van der Waals surface area (Å²) in [5.74, 6) is 0.580. The predicted molar refractivity (Wildman–Crippen MR) is 108 cm³/mol. The average Bonchev–Trinajstić information content (AvgIpc) is 3.22. The lowest BCUT2D eigenvalue weighted by Gasteiger charge is -2.28. The summed E-state index contributed by atoms with van der Waals surface area (Å²) >= 11 is 0. The molecule has 1 saturated heterocycles. The highest BCUT2D eigenvalue weighted by molar-refractivity contribution is 7.90. The zero-order valence-electron chi connectivity index (χ0n) is 16.2. The van der Waals surface area contributed by atoms with Crippen LogP contribution in [0.4, 0.5) is 0 Å². The van der Waals surface area contributed by atoms with Crippen molar-refractivity contribution in [1.82, 2.24) is 10.2 Å². The monoisotopic (exact) mass is 402 g/mol. The van der Waals surface area contributed by atoms with Crippen LogP contribution in [0.1, 0.15) is 34.8 Å². The second-order valence-corrected chi connectivity index (χ2v) is 9.06. The topological polar surface area (TPSA) is 75.7 Å². The Hall–Kier alpha value is -2.38. The Morgan fingerprint density at radius 1 is 1.14 bits per heavy atom. The van der Waals surface area contributed by atoms with Gasteiger partial charge in [-0.3, -0.25) is 9.69 Å². The van der Waals surface area contributed by atoms with E-state index in [2.05, 4.69) is 16.3 Å². The molecule has 6 nitrogen and oxygen atoms in total. The van der Waals surface area contributed by atoms with Gasteiger partial charge in [-0.2, -0.15) is 0 Å². The Morgan fingerprint density at radius 3 is 2.43 bits per heavy atom. The summed E-state index contributed by atoms with van der Waals surface area (Å²) in [6, 6.07) is 14.0. The largest absolute Gasteiger partial charge is 0.497 e. The molecule has 2 aromatic carbocycles. The van der Waals surface area contributed by atoms with Crippen LogP contribution < -0.4 is 10.1 Å². The number of methoxy groups -OCH3 is 1. The van der Waals surface area contributed by atoms with Crippen molar-refractivity contribution in [3.05, 3.63) is 59.7 Å². The SMILES string of the molecule is COc1cccc(C(CNC(=O)c2ccc(S(C)(=O)=O)cc2)N2CCCC2)c1. The van der Waals surface area contributed by atoms with Gasteiger partial charge in [0.05, 0.1) is 18.0 Å². The van der Waals surface area contributed by atoms with Gasteiger partial charge in [0.2, 0.25) is 0 Å². The number of likely N-dealkylation sites (tertiary alicyclic amines) is 1. The van der Waals surface area contributed by atoms with Crippen molar-refractivity contribution >= 4 is 15.7 Å². The first-order valence-corrected chi connectivity index (χ1v) is 11.2. The van der Waals surface area contributed by atoms with Gasteiger partial charge >= 0.3 is 0 Å². The van der Waals surface area contributed by atoms with Gasteiger partial charge in [0.25, 0.3) is 5.91 Å². The van der Waals surface area contributed by atoms with E-state index in [1.165, 1.54) is 12.1 Å². The third kappa shape index (κ3) is 4.91. The smallest absolute Gasteiger partial charge is 0.251 e. The first-order chi connectivity index (χ1) is 13.4. The van der Waals surface area contributed by atoms with Gasteiger partial charge in [0, 0.05) is 18.4 Å². The first-order valence-electron chi connectivity index (χ1n) is 9.35. The minimum absolute atomic E-state index is 0.0665. The molecule has 0 saturated carbocycles. The second-order valence-electron chi connectivity index (χ2n) is 7.04. The van der Waals surface area contributed by atoms with Gasteiger partial charge in [0.1, 0.15) is 5.75 Å². The maximum atomic E-state index is 12.6. The molecular formula is C21H26N2O4S. The molecule has 1 atom stereocenters. The van der Waals surface area contributed by atoms with Crippen molar-refractivity contribution in [3.63, 3.8) is 0 Å². The Bertz CT molecular complexity index is 920. The van der Waals surface area contributed by atoms with Crippen LogP contribution in [0.15, 0.2) is 53.4 Å². The fraction of sp³-hybridized carbons (Fsp3) is 0.381. The number of amides is 1. The molecule has 150 valence electrons. The van der Waals surface area contributed by atoms with Gasteiger partial charge in [-0.05, 0) is 67.9 Å². The van der Waals surface area contributed by atoms with E-state index >= 15 is 0 Å². The second kappa shape index (κ2) is 8.75. The lowest BCUT2D eigenvalue weighted by Crippen LogP contribution is -2.36. The number of rotatable bonds is 7. The molecule has 1 heterocycles. The number of benzene rings is 2. The van der Waals surface area contributed by atoms with Gasteiger partial charge in [-0.1, -0.05) is 12.1 Å². The molecule has 1 fully saturated rings. The minimum Gasteiger partial charge on any atom is -0.497 e. The number of hydrogen-bond acceptors (Lipinski definition) is 5. The van der Waals surface area contributed by atoms with E-state index in [-0.39, 0.29) is 16.8 Å². The van der Waals surface area contributed by atoms with Gasteiger partial charge in [0.15, 0.2) is 9.84 Å². The summed E-state index contributed by atoms with van der Waals surface area (Å²) in [4.78, 5) is 15.2. The average molecular weight is 403 g/mol. The zero-order valence-corrected chi connectivity index (χ0v) is 17.0. The van der Waals surface area contributed by atoms with Crippen molar-refractivity contribution in [2.75, 3.05) is 33.0 Å². The molecule has 0 radical (unpaired) electrons. The Kier molecular flexibility index (Phi) is 6.36. The summed E-state index contributed by atoms with van der Waals surface area (Å²) in [5.41, 5.74) is 1.55. The third-order valence-electron chi connectivity index (χ3n) is 5.06. The van der Waals surface area contributed by atoms with Crippen LogP contribution >= 0.6 is 0 Å². The summed E-state index contributed by atoms with van der Waals surface area (Å²) in [5, 5.41) is 3.00. The fourth-order valence-corrected chi connectivity index (χ4v) is 4.14. The molecular weight excluding hydrogens is 376 g/mol. The molecule has 1 N–H and O–H groups in total. The van der Waals surface area contributed by atoms with Crippen LogP contribution in [0.2, 0.25) is 0 Å². The number of nitrogens with zero attached hydrogens (tertiary/aromatic N) is 1. The Labute approximate surface area is 166 Å². The van der Waals surface area contributed by atoms with E-state index in [9.17, 15) is 13.2 Å². The van der Waals surface area contributed by atoms with Crippen LogP contribution in [0.3, 0.4) is 0 Å². The van der Waals surface area contributed by atoms with E-state index < -0.39 is 9.84 Å². The zero-order chi connectivity index (χ0) is 20.1. The highest BCUT2D eigenvalue weighted by Crippen LogP contribution is 2.27. The standard InChI is InChI=1S/C21H26N2O4S/c1-27-18-7-5-6-17(14-18)20(23-12-3-4-13-23)15-22-21(24)16-8-10-19(11-9-16)28(2,25)26/h5-11,14,20H,3-4,12-13,15H2,1-2H3,(H,22,24). The van der Waals surface area contributed by atoms with Crippen molar-refractivity contribution < 1.29 is 17.9 Å². The summed E-state index contributed by atoms with van der Waals surface area (Å²) in [6.45, 7) is 2.47. The van der Waals surface area contributed by atoms with E-state index in [4.69, 9.17) is 4.74 Å². The maximum absolute atomic E-state index is 12.6. The molecule has 1 aliphatic heterocycles. The first kappa shape index (κ1) is 20.4. The molecule has 1 unspecified atom stereocenters. The minimum atomic E-state index is -3.27. The molecule has 0 aromatic heterocycles. The van der Waals surface area contributed by atoms with Crippen LogP contribution in [0.5, 0.6) is 5.75 Å². The van der Waals surface area contributed by atoms with Crippen molar-refractivity contribution in [3.8, 4) is 5.75 Å². The van der Waals surface area contributed by atoms with Crippen LogP contribution in [0.25, 0.3) is 0 Å². The number of carbonyl (C=O) groups excluding carboxylic acids is 1. The van der Waals surface area contributed by atoms with Gasteiger partial charge in [-0.15, -0.1) is 0 Å². The molecule has 7 heteroatoms. The molecule has 1 amide bonds. The maximum Gasteiger partial charge on any atom is 0.251 e. The molecule has 2 aromatic rings. The van der Waals surface area contributed by atoms with Crippen molar-refractivity contribution in [2.24, 2.45) is 0 Å². The van der Waals surface area contributed by atoms with E-state index in [0.29, 0.717) is 12.1 Å². The highest BCUT2D eigenvalue weighted by Gasteiger charge is 2.24.